The molecule has 3 fully saturated rings. The van der Waals surface area contributed by atoms with Gasteiger partial charge < -0.3 is 5.32 Å². The lowest BCUT2D eigenvalue weighted by Crippen LogP contribution is -2.43. The van der Waals surface area contributed by atoms with E-state index in [0.717, 1.165) is 43.9 Å². The lowest BCUT2D eigenvalue weighted by molar-refractivity contribution is -0.126. The van der Waals surface area contributed by atoms with Gasteiger partial charge in [-0.3, -0.25) is 14.7 Å². The number of rotatable bonds is 2. The van der Waals surface area contributed by atoms with E-state index in [0.29, 0.717) is 6.04 Å². The van der Waals surface area contributed by atoms with E-state index in [1.165, 1.54) is 0 Å². The molecular weight excluding hydrogens is 226 g/mol. The quantitative estimate of drug-likeness (QED) is 0.848. The van der Waals surface area contributed by atoms with E-state index in [1.807, 2.05) is 19.1 Å². The Balaban J connectivity index is 1.72. The number of nitrogens with one attached hydrogen (secondary N) is 1. The molecule has 3 aliphatic heterocycles. The van der Waals surface area contributed by atoms with E-state index >= 15 is 0 Å². The summed E-state index contributed by atoms with van der Waals surface area (Å²) in [5, 5.41) is 3.10. The van der Waals surface area contributed by atoms with Gasteiger partial charge in [0.05, 0.1) is 11.6 Å². The largest absolute Gasteiger partial charge is 0.352 e. The third kappa shape index (κ3) is 2.38. The molecule has 0 aromatic carbocycles. The molecule has 2 bridgehead atoms. The second-order valence-corrected chi connectivity index (χ2v) is 5.44. The van der Waals surface area contributed by atoms with E-state index in [9.17, 15) is 4.79 Å². The summed E-state index contributed by atoms with van der Waals surface area (Å²) in [7, 11) is 0. The smallest absolute Gasteiger partial charge is 0.224 e. The van der Waals surface area contributed by atoms with Gasteiger partial charge in [0.15, 0.2) is 0 Å². The molecule has 2 atom stereocenters. The minimum absolute atomic E-state index is 0.175. The standard InChI is InChI=1S/C14H19N3O/c1-10-3-2-4-12(15-10)8-17-7-11-5-6-13(9-17)16-14(11)18/h2-4,11,13H,5-9H2,1H3,(H,16,18)/t11-,13+/m1/s1. The SMILES string of the molecule is Cc1cccc(CN2C[C@@H]3CC[C@H](C2)C(=O)N3)n1. The number of hydrogen-bond donors (Lipinski definition) is 1. The van der Waals surface area contributed by atoms with Gasteiger partial charge in [0.25, 0.3) is 0 Å². The van der Waals surface area contributed by atoms with Crippen LogP contribution in [-0.4, -0.2) is 34.9 Å². The van der Waals surface area contributed by atoms with Gasteiger partial charge in [0.1, 0.15) is 0 Å². The first kappa shape index (κ1) is 11.7. The summed E-state index contributed by atoms with van der Waals surface area (Å²) in [6.07, 6.45) is 2.16. The van der Waals surface area contributed by atoms with Crippen molar-refractivity contribution in [2.45, 2.75) is 32.4 Å². The molecule has 1 aromatic heterocycles. The highest BCUT2D eigenvalue weighted by Gasteiger charge is 2.34. The zero-order valence-electron chi connectivity index (χ0n) is 10.7. The normalized spacial score (nSPS) is 27.9. The molecule has 1 N–H and O–H groups in total. The molecule has 1 amide bonds. The van der Waals surface area contributed by atoms with Crippen LogP contribution in [0.2, 0.25) is 0 Å². The van der Waals surface area contributed by atoms with Crippen LogP contribution in [0.25, 0.3) is 0 Å². The lowest BCUT2D eigenvalue weighted by Gasteiger charge is -2.23. The van der Waals surface area contributed by atoms with Crippen molar-refractivity contribution < 1.29 is 4.79 Å². The van der Waals surface area contributed by atoms with Crippen molar-refractivity contribution in [2.24, 2.45) is 5.92 Å². The average Bonchev–Trinajstić information content (AvgIpc) is 2.59. The van der Waals surface area contributed by atoms with Crippen LogP contribution in [-0.2, 0) is 11.3 Å². The number of carbonyl (C=O) groups excluding carboxylic acids is 1. The Morgan fingerprint density at radius 1 is 1.39 bits per heavy atom. The van der Waals surface area contributed by atoms with Crippen molar-refractivity contribution in [3.63, 3.8) is 0 Å². The Morgan fingerprint density at radius 3 is 3.06 bits per heavy atom. The number of carbonyl (C=O) groups is 1. The predicted molar refractivity (Wildman–Crippen MR) is 68.9 cm³/mol. The topological polar surface area (TPSA) is 45.2 Å². The zero-order chi connectivity index (χ0) is 12.5. The number of aryl methyl sites for hydroxylation is 1. The number of piperidine rings is 1. The average molecular weight is 245 g/mol. The number of pyridine rings is 1. The molecule has 1 aromatic rings. The second kappa shape index (κ2) is 4.69. The number of fused-ring (bicyclic) bond motifs is 4. The first-order chi connectivity index (χ1) is 8.70. The summed E-state index contributed by atoms with van der Waals surface area (Å²) in [6.45, 7) is 4.69. The van der Waals surface area contributed by atoms with Gasteiger partial charge in [0.2, 0.25) is 5.91 Å². The minimum Gasteiger partial charge on any atom is -0.352 e. The van der Waals surface area contributed by atoms with Crippen LogP contribution in [0.15, 0.2) is 18.2 Å². The van der Waals surface area contributed by atoms with Crippen molar-refractivity contribution in [3.8, 4) is 0 Å². The Labute approximate surface area is 107 Å². The summed E-state index contributed by atoms with van der Waals surface area (Å²) in [6, 6.07) is 6.46. The fourth-order valence-electron chi connectivity index (χ4n) is 2.98. The molecule has 3 saturated heterocycles. The van der Waals surface area contributed by atoms with Crippen molar-refractivity contribution in [2.75, 3.05) is 13.1 Å². The highest BCUT2D eigenvalue weighted by molar-refractivity contribution is 5.80. The third-order valence-electron chi connectivity index (χ3n) is 3.87. The second-order valence-electron chi connectivity index (χ2n) is 5.44. The van der Waals surface area contributed by atoms with Gasteiger partial charge in [-0.1, -0.05) is 6.07 Å². The third-order valence-corrected chi connectivity index (χ3v) is 3.87. The molecule has 18 heavy (non-hydrogen) atoms. The van der Waals surface area contributed by atoms with Crippen molar-refractivity contribution in [1.29, 1.82) is 0 Å². The predicted octanol–water partition coefficient (Wildman–Crippen LogP) is 1.10. The molecule has 0 unspecified atom stereocenters. The summed E-state index contributed by atoms with van der Waals surface area (Å²) >= 11 is 0. The van der Waals surface area contributed by atoms with Gasteiger partial charge in [0, 0.05) is 31.4 Å². The Kier molecular flexibility index (Phi) is 3.04. The fourth-order valence-corrected chi connectivity index (χ4v) is 2.98. The summed E-state index contributed by atoms with van der Waals surface area (Å²) < 4.78 is 0. The van der Waals surface area contributed by atoms with Crippen LogP contribution in [0, 0.1) is 12.8 Å². The van der Waals surface area contributed by atoms with Crippen molar-refractivity contribution in [1.82, 2.24) is 15.2 Å². The van der Waals surface area contributed by atoms with Crippen LogP contribution in [0.4, 0.5) is 0 Å². The molecule has 4 rings (SSSR count). The van der Waals surface area contributed by atoms with E-state index < -0.39 is 0 Å². The Bertz CT molecular complexity index is 460. The molecule has 0 spiro atoms. The molecular formula is C14H19N3O. The highest BCUT2D eigenvalue weighted by Crippen LogP contribution is 2.23. The summed E-state index contributed by atoms with van der Waals surface area (Å²) in [5.41, 5.74) is 2.16. The van der Waals surface area contributed by atoms with Crippen LogP contribution >= 0.6 is 0 Å². The van der Waals surface area contributed by atoms with Gasteiger partial charge in [-0.15, -0.1) is 0 Å². The maximum atomic E-state index is 11.8. The van der Waals surface area contributed by atoms with Crippen LogP contribution in [0.5, 0.6) is 0 Å². The first-order valence-corrected chi connectivity index (χ1v) is 6.66. The molecule has 0 saturated carbocycles. The molecule has 96 valence electrons. The van der Waals surface area contributed by atoms with Crippen LogP contribution in [0.3, 0.4) is 0 Å². The number of hydrogen-bond acceptors (Lipinski definition) is 3. The minimum atomic E-state index is 0.175. The van der Waals surface area contributed by atoms with E-state index in [-0.39, 0.29) is 11.8 Å². The first-order valence-electron chi connectivity index (χ1n) is 6.66. The molecule has 4 heteroatoms. The van der Waals surface area contributed by atoms with Crippen molar-refractivity contribution >= 4 is 5.91 Å². The number of amides is 1. The van der Waals surface area contributed by atoms with E-state index in [4.69, 9.17) is 0 Å². The fraction of sp³-hybridized carbons (Fsp3) is 0.571. The van der Waals surface area contributed by atoms with E-state index in [2.05, 4.69) is 21.3 Å². The van der Waals surface area contributed by atoms with Gasteiger partial charge >= 0.3 is 0 Å². The lowest BCUT2D eigenvalue weighted by atomic mass is 9.96. The van der Waals surface area contributed by atoms with Gasteiger partial charge in [-0.05, 0) is 31.9 Å². The molecule has 4 heterocycles. The maximum absolute atomic E-state index is 11.8. The Hall–Kier alpha value is -1.42. The number of aromatic nitrogens is 1. The van der Waals surface area contributed by atoms with Crippen molar-refractivity contribution in [3.05, 3.63) is 29.6 Å². The summed E-state index contributed by atoms with van der Waals surface area (Å²) in [5.74, 6) is 0.416. The zero-order valence-corrected chi connectivity index (χ0v) is 10.7. The summed E-state index contributed by atoms with van der Waals surface area (Å²) in [4.78, 5) is 18.7. The molecule has 0 radical (unpaired) electrons. The van der Waals surface area contributed by atoms with Crippen LogP contribution in [0.1, 0.15) is 24.2 Å². The molecule has 4 nitrogen and oxygen atoms in total. The van der Waals surface area contributed by atoms with Gasteiger partial charge in [-0.25, -0.2) is 0 Å². The van der Waals surface area contributed by atoms with E-state index in [1.54, 1.807) is 0 Å². The molecule has 0 aliphatic carbocycles. The number of nitrogens with zero attached hydrogens (tertiary/aromatic N) is 2. The maximum Gasteiger partial charge on any atom is 0.224 e. The highest BCUT2D eigenvalue weighted by atomic mass is 16.2. The van der Waals surface area contributed by atoms with Crippen LogP contribution < -0.4 is 5.32 Å². The monoisotopic (exact) mass is 245 g/mol. The molecule has 3 aliphatic rings. The Morgan fingerprint density at radius 2 is 2.28 bits per heavy atom. The van der Waals surface area contributed by atoms with Gasteiger partial charge in [-0.2, -0.15) is 0 Å².